The first-order valence-corrected chi connectivity index (χ1v) is 7.32. The lowest BCUT2D eigenvalue weighted by Crippen LogP contribution is -2.35. The molecule has 2 aliphatic carbocycles. The number of hydroxylamine groups is 2. The zero-order valence-electron chi connectivity index (χ0n) is 11.4. The van der Waals surface area contributed by atoms with Crippen LogP contribution in [0, 0.1) is 23.7 Å². The minimum atomic E-state index is -0.662. The van der Waals surface area contributed by atoms with Crippen LogP contribution in [0.15, 0.2) is 30.3 Å². The lowest BCUT2D eigenvalue weighted by molar-refractivity contribution is -0.175. The fourth-order valence-electron chi connectivity index (χ4n) is 4.18. The number of rotatable bonds is 2. The molecule has 5 nitrogen and oxygen atoms in total. The highest BCUT2D eigenvalue weighted by Crippen LogP contribution is 2.56. The largest absolute Gasteiger partial charge is 0.363 e. The van der Waals surface area contributed by atoms with Gasteiger partial charge in [0.2, 0.25) is 0 Å². The third kappa shape index (κ3) is 1.73. The lowest BCUT2D eigenvalue weighted by Gasteiger charge is -2.18. The standard InChI is InChI=1S/C16H15NO4/c18-14-12-10-6-7-11(8-10)13(12)15(19)17(14)21-16(20)9-4-2-1-3-5-9/h1-5,10-13H,6-8H2/t10-,11-,12+,13+/m0/s1. The first kappa shape index (κ1) is 12.6. The van der Waals surface area contributed by atoms with Crippen LogP contribution in [-0.2, 0) is 14.4 Å². The predicted octanol–water partition coefficient (Wildman–Crippen LogP) is 1.79. The molecule has 0 radical (unpaired) electrons. The van der Waals surface area contributed by atoms with Crippen molar-refractivity contribution >= 4 is 17.8 Å². The Kier molecular flexibility index (Phi) is 2.64. The van der Waals surface area contributed by atoms with Crippen molar-refractivity contribution in [3.8, 4) is 0 Å². The van der Waals surface area contributed by atoms with E-state index < -0.39 is 5.97 Å². The summed E-state index contributed by atoms with van der Waals surface area (Å²) >= 11 is 0. The Morgan fingerprint density at radius 3 is 2.14 bits per heavy atom. The van der Waals surface area contributed by atoms with Gasteiger partial charge in [-0.15, -0.1) is 5.06 Å². The van der Waals surface area contributed by atoms with Gasteiger partial charge < -0.3 is 4.84 Å². The fraction of sp³-hybridized carbons (Fsp3) is 0.438. The molecule has 0 spiro atoms. The lowest BCUT2D eigenvalue weighted by atomic mass is 9.81. The van der Waals surface area contributed by atoms with Crippen LogP contribution >= 0.6 is 0 Å². The summed E-state index contributed by atoms with van der Waals surface area (Å²) in [6.45, 7) is 0. The molecule has 2 bridgehead atoms. The Balaban J connectivity index is 1.56. The van der Waals surface area contributed by atoms with E-state index in [0.717, 1.165) is 24.3 Å². The Morgan fingerprint density at radius 2 is 1.57 bits per heavy atom. The Morgan fingerprint density at radius 1 is 1.00 bits per heavy atom. The Hall–Kier alpha value is -2.17. The summed E-state index contributed by atoms with van der Waals surface area (Å²) in [7, 11) is 0. The molecule has 1 aromatic rings. The van der Waals surface area contributed by atoms with Crippen LogP contribution < -0.4 is 0 Å². The average molecular weight is 285 g/mol. The van der Waals surface area contributed by atoms with Gasteiger partial charge in [-0.05, 0) is 43.2 Å². The first-order chi connectivity index (χ1) is 10.2. The quantitative estimate of drug-likeness (QED) is 0.777. The minimum Gasteiger partial charge on any atom is -0.325 e. The maximum atomic E-state index is 12.4. The van der Waals surface area contributed by atoms with Crippen molar-refractivity contribution in [3.63, 3.8) is 0 Å². The van der Waals surface area contributed by atoms with E-state index in [1.807, 2.05) is 0 Å². The van der Waals surface area contributed by atoms with Gasteiger partial charge in [0.05, 0.1) is 17.4 Å². The minimum absolute atomic E-state index is 0.264. The maximum Gasteiger partial charge on any atom is 0.363 e. The molecule has 1 heterocycles. The van der Waals surface area contributed by atoms with Gasteiger partial charge in [-0.25, -0.2) is 4.79 Å². The summed E-state index contributed by atoms with van der Waals surface area (Å²) < 4.78 is 0. The summed E-state index contributed by atoms with van der Waals surface area (Å²) in [4.78, 5) is 41.9. The van der Waals surface area contributed by atoms with Crippen molar-refractivity contribution in [2.24, 2.45) is 23.7 Å². The molecule has 108 valence electrons. The molecule has 21 heavy (non-hydrogen) atoms. The van der Waals surface area contributed by atoms with E-state index in [9.17, 15) is 14.4 Å². The van der Waals surface area contributed by atoms with Crippen molar-refractivity contribution < 1.29 is 19.2 Å². The molecule has 1 aromatic carbocycles. The van der Waals surface area contributed by atoms with Gasteiger partial charge in [-0.3, -0.25) is 9.59 Å². The number of carbonyl (C=O) groups is 3. The molecule has 0 N–H and O–H groups in total. The zero-order chi connectivity index (χ0) is 14.6. The number of amides is 2. The van der Waals surface area contributed by atoms with Crippen LogP contribution in [0.2, 0.25) is 0 Å². The Bertz CT molecular complexity index is 598. The number of hydrogen-bond donors (Lipinski definition) is 0. The molecule has 4 atom stereocenters. The highest BCUT2D eigenvalue weighted by Gasteiger charge is 2.62. The van der Waals surface area contributed by atoms with Crippen molar-refractivity contribution in [2.75, 3.05) is 0 Å². The van der Waals surface area contributed by atoms with Crippen molar-refractivity contribution in [1.82, 2.24) is 5.06 Å². The molecule has 1 aliphatic heterocycles. The highest BCUT2D eigenvalue weighted by atomic mass is 16.7. The van der Waals surface area contributed by atoms with Gasteiger partial charge in [0.15, 0.2) is 0 Å². The summed E-state index contributed by atoms with van der Waals surface area (Å²) in [5.41, 5.74) is 0.332. The topological polar surface area (TPSA) is 63.7 Å². The van der Waals surface area contributed by atoms with E-state index in [4.69, 9.17) is 4.84 Å². The molecule has 3 fully saturated rings. The molecule has 0 aromatic heterocycles. The number of fused-ring (bicyclic) bond motifs is 5. The number of carbonyl (C=O) groups excluding carboxylic acids is 3. The smallest absolute Gasteiger partial charge is 0.325 e. The van der Waals surface area contributed by atoms with Gasteiger partial charge in [0.25, 0.3) is 11.8 Å². The normalized spacial score (nSPS) is 33.4. The van der Waals surface area contributed by atoms with Crippen LogP contribution in [-0.4, -0.2) is 22.8 Å². The van der Waals surface area contributed by atoms with Crippen molar-refractivity contribution in [1.29, 1.82) is 0 Å². The highest BCUT2D eigenvalue weighted by molar-refractivity contribution is 6.06. The summed E-state index contributed by atoms with van der Waals surface area (Å²) in [6, 6.07) is 8.39. The summed E-state index contributed by atoms with van der Waals surface area (Å²) in [5, 5.41) is 0.717. The third-order valence-corrected chi connectivity index (χ3v) is 5.07. The van der Waals surface area contributed by atoms with Crippen molar-refractivity contribution in [2.45, 2.75) is 19.3 Å². The Labute approximate surface area is 121 Å². The molecule has 5 heteroatoms. The van der Waals surface area contributed by atoms with Crippen LogP contribution in [0.1, 0.15) is 29.6 Å². The molecular weight excluding hydrogens is 270 g/mol. The second-order valence-electron chi connectivity index (χ2n) is 6.10. The number of nitrogens with zero attached hydrogens (tertiary/aromatic N) is 1. The number of benzene rings is 1. The van der Waals surface area contributed by atoms with Gasteiger partial charge >= 0.3 is 5.97 Å². The van der Waals surface area contributed by atoms with E-state index in [1.165, 1.54) is 0 Å². The van der Waals surface area contributed by atoms with E-state index in [2.05, 4.69) is 0 Å². The molecule has 1 saturated heterocycles. The molecule has 2 saturated carbocycles. The second kappa shape index (κ2) is 4.41. The molecule has 3 aliphatic rings. The predicted molar refractivity (Wildman–Crippen MR) is 71.5 cm³/mol. The van der Waals surface area contributed by atoms with Gasteiger partial charge in [-0.1, -0.05) is 18.2 Å². The molecule has 0 unspecified atom stereocenters. The zero-order valence-corrected chi connectivity index (χ0v) is 11.4. The van der Waals surface area contributed by atoms with Crippen LogP contribution in [0.3, 0.4) is 0 Å². The van der Waals surface area contributed by atoms with Crippen LogP contribution in [0.25, 0.3) is 0 Å². The SMILES string of the molecule is O=C(ON1C(=O)[C@@H]2[C@H]3CC[C@@H](C3)[C@H]2C1=O)c1ccccc1. The summed E-state index contributed by atoms with van der Waals surface area (Å²) in [5.74, 6) is -1.28. The van der Waals surface area contributed by atoms with Gasteiger partial charge in [0, 0.05) is 0 Å². The molecule has 2 amide bonds. The average Bonchev–Trinajstić information content (AvgIpc) is 3.18. The fourth-order valence-corrected chi connectivity index (χ4v) is 4.18. The van der Waals surface area contributed by atoms with E-state index >= 15 is 0 Å². The van der Waals surface area contributed by atoms with E-state index in [1.54, 1.807) is 30.3 Å². The van der Waals surface area contributed by atoms with Crippen LogP contribution in [0.4, 0.5) is 0 Å². The monoisotopic (exact) mass is 285 g/mol. The van der Waals surface area contributed by atoms with Gasteiger partial charge in [0.1, 0.15) is 0 Å². The van der Waals surface area contributed by atoms with Crippen molar-refractivity contribution in [3.05, 3.63) is 35.9 Å². The molecule has 4 rings (SSSR count). The summed E-state index contributed by atoms with van der Waals surface area (Å²) in [6.07, 6.45) is 2.98. The third-order valence-electron chi connectivity index (χ3n) is 5.07. The van der Waals surface area contributed by atoms with E-state index in [-0.39, 0.29) is 35.5 Å². The number of imide groups is 1. The maximum absolute atomic E-state index is 12.4. The first-order valence-electron chi connectivity index (χ1n) is 7.32. The van der Waals surface area contributed by atoms with Gasteiger partial charge in [-0.2, -0.15) is 0 Å². The number of hydrogen-bond acceptors (Lipinski definition) is 4. The molecular formula is C16H15NO4. The van der Waals surface area contributed by atoms with E-state index in [0.29, 0.717) is 5.56 Å². The van der Waals surface area contributed by atoms with Crippen LogP contribution in [0.5, 0.6) is 0 Å². The second-order valence-corrected chi connectivity index (χ2v) is 6.10.